The van der Waals surface area contributed by atoms with Crippen molar-refractivity contribution in [3.63, 3.8) is 0 Å². The van der Waals surface area contributed by atoms with E-state index < -0.39 is 6.09 Å². The van der Waals surface area contributed by atoms with Crippen molar-refractivity contribution < 1.29 is 9.53 Å². The minimum Gasteiger partial charge on any atom is -0.447 e. The van der Waals surface area contributed by atoms with Gasteiger partial charge in [-0.05, 0) is 13.8 Å². The van der Waals surface area contributed by atoms with Gasteiger partial charge in [-0.3, -0.25) is 0 Å². The molecule has 0 saturated heterocycles. The van der Waals surface area contributed by atoms with Crippen LogP contribution in [-0.2, 0) is 4.74 Å². The maximum absolute atomic E-state index is 10.7. The minimum atomic E-state index is -0.407. The van der Waals surface area contributed by atoms with Crippen LogP contribution in [0.1, 0.15) is 20.3 Å². The van der Waals surface area contributed by atoms with Crippen molar-refractivity contribution in [2.45, 2.75) is 26.4 Å². The van der Waals surface area contributed by atoms with Gasteiger partial charge in [0.2, 0.25) is 0 Å². The van der Waals surface area contributed by atoms with Gasteiger partial charge in [0.05, 0.1) is 6.10 Å². The third-order valence-corrected chi connectivity index (χ3v) is 0.881. The molecular weight excluding hydrogens is 142 g/mol. The molecule has 0 heterocycles. The normalized spacial score (nSPS) is 8.91. The number of rotatable bonds is 3. The Balaban J connectivity index is 3.32. The summed E-state index contributed by atoms with van der Waals surface area (Å²) in [5.74, 6) is 2.41. The first-order valence-corrected chi connectivity index (χ1v) is 3.54. The van der Waals surface area contributed by atoms with Crippen molar-refractivity contribution in [1.82, 2.24) is 5.32 Å². The van der Waals surface area contributed by atoms with Gasteiger partial charge in [0, 0.05) is 13.0 Å². The zero-order valence-electron chi connectivity index (χ0n) is 6.89. The maximum Gasteiger partial charge on any atom is 0.407 e. The van der Waals surface area contributed by atoms with Gasteiger partial charge in [0.1, 0.15) is 0 Å². The summed E-state index contributed by atoms with van der Waals surface area (Å²) in [5.41, 5.74) is 0. The predicted molar refractivity (Wildman–Crippen MR) is 43.1 cm³/mol. The van der Waals surface area contributed by atoms with Crippen LogP contribution in [0.3, 0.4) is 0 Å². The number of carbonyl (C=O) groups is 1. The summed E-state index contributed by atoms with van der Waals surface area (Å²) in [6, 6.07) is 0. The summed E-state index contributed by atoms with van der Waals surface area (Å²) in [7, 11) is 0. The van der Waals surface area contributed by atoms with Crippen molar-refractivity contribution >= 4 is 6.09 Å². The first kappa shape index (κ1) is 9.83. The average molecular weight is 155 g/mol. The van der Waals surface area contributed by atoms with Gasteiger partial charge in [-0.15, -0.1) is 12.3 Å². The van der Waals surface area contributed by atoms with Crippen LogP contribution in [0, 0.1) is 12.3 Å². The van der Waals surface area contributed by atoms with E-state index in [9.17, 15) is 4.79 Å². The number of nitrogens with one attached hydrogen (secondary N) is 1. The zero-order chi connectivity index (χ0) is 8.69. The molecule has 0 aromatic heterocycles. The van der Waals surface area contributed by atoms with Gasteiger partial charge in [-0.25, -0.2) is 4.79 Å². The third-order valence-electron chi connectivity index (χ3n) is 0.881. The van der Waals surface area contributed by atoms with Crippen LogP contribution in [0.2, 0.25) is 0 Å². The lowest BCUT2D eigenvalue weighted by atomic mass is 10.4. The number of hydrogen-bond donors (Lipinski definition) is 1. The summed E-state index contributed by atoms with van der Waals surface area (Å²) in [6.07, 6.45) is 5.02. The molecule has 0 aliphatic heterocycles. The highest BCUT2D eigenvalue weighted by Crippen LogP contribution is 1.87. The van der Waals surface area contributed by atoms with Crippen LogP contribution in [0.25, 0.3) is 0 Å². The lowest BCUT2D eigenvalue weighted by Crippen LogP contribution is -2.27. The van der Waals surface area contributed by atoms with Crippen molar-refractivity contribution in [3.05, 3.63) is 0 Å². The predicted octanol–water partition coefficient (Wildman–Crippen LogP) is 1.14. The fourth-order valence-electron chi connectivity index (χ4n) is 0.492. The molecule has 0 saturated carbocycles. The van der Waals surface area contributed by atoms with E-state index in [0.717, 1.165) is 0 Å². The Morgan fingerprint density at radius 2 is 2.36 bits per heavy atom. The molecule has 0 spiro atoms. The highest BCUT2D eigenvalue weighted by Gasteiger charge is 2.01. The molecule has 3 nitrogen and oxygen atoms in total. The molecule has 1 N–H and O–H groups in total. The van der Waals surface area contributed by atoms with Crippen molar-refractivity contribution in [3.8, 4) is 12.3 Å². The van der Waals surface area contributed by atoms with Crippen molar-refractivity contribution in [2.24, 2.45) is 0 Å². The largest absolute Gasteiger partial charge is 0.447 e. The number of alkyl carbamates (subject to hydrolysis) is 1. The van der Waals surface area contributed by atoms with E-state index in [2.05, 4.69) is 11.2 Å². The standard InChI is InChI=1S/C8H13NO2/c1-4-5-6-9-8(10)11-7(2)3/h1,7H,5-6H2,2-3H3,(H,9,10). The summed E-state index contributed by atoms with van der Waals surface area (Å²) in [5, 5.41) is 2.51. The molecule has 0 bridgehead atoms. The molecule has 1 amide bonds. The van der Waals surface area contributed by atoms with E-state index in [4.69, 9.17) is 11.2 Å². The highest BCUT2D eigenvalue weighted by molar-refractivity contribution is 5.67. The van der Waals surface area contributed by atoms with E-state index in [1.54, 1.807) is 13.8 Å². The van der Waals surface area contributed by atoms with Gasteiger partial charge < -0.3 is 10.1 Å². The number of hydrogen-bond acceptors (Lipinski definition) is 2. The molecule has 0 radical (unpaired) electrons. The third kappa shape index (κ3) is 6.72. The summed E-state index contributed by atoms with van der Waals surface area (Å²) in [4.78, 5) is 10.7. The second-order valence-corrected chi connectivity index (χ2v) is 2.33. The molecule has 3 heteroatoms. The number of amides is 1. The number of ether oxygens (including phenoxy) is 1. The highest BCUT2D eigenvalue weighted by atomic mass is 16.6. The van der Waals surface area contributed by atoms with Gasteiger partial charge in [0.15, 0.2) is 0 Å². The second kappa shape index (κ2) is 5.60. The van der Waals surface area contributed by atoms with E-state index in [-0.39, 0.29) is 6.10 Å². The van der Waals surface area contributed by atoms with Crippen LogP contribution in [0.4, 0.5) is 4.79 Å². The average Bonchev–Trinajstić information content (AvgIpc) is 1.86. The first-order chi connectivity index (χ1) is 5.16. The fourth-order valence-corrected chi connectivity index (χ4v) is 0.492. The van der Waals surface area contributed by atoms with E-state index >= 15 is 0 Å². The van der Waals surface area contributed by atoms with Crippen LogP contribution < -0.4 is 5.32 Å². The van der Waals surface area contributed by atoms with Crippen LogP contribution >= 0.6 is 0 Å². The molecule has 0 fully saturated rings. The van der Waals surface area contributed by atoms with Crippen molar-refractivity contribution in [1.29, 1.82) is 0 Å². The Hall–Kier alpha value is -1.17. The lowest BCUT2D eigenvalue weighted by Gasteiger charge is -2.07. The Kier molecular flexibility index (Phi) is 5.01. The van der Waals surface area contributed by atoms with Crippen molar-refractivity contribution in [2.75, 3.05) is 6.54 Å². The van der Waals surface area contributed by atoms with Gasteiger partial charge >= 0.3 is 6.09 Å². The van der Waals surface area contributed by atoms with Crippen LogP contribution in [-0.4, -0.2) is 18.7 Å². The summed E-state index contributed by atoms with van der Waals surface area (Å²) < 4.78 is 4.78. The molecule has 0 aromatic carbocycles. The smallest absolute Gasteiger partial charge is 0.407 e. The molecule has 11 heavy (non-hydrogen) atoms. The molecule has 0 unspecified atom stereocenters. The molecule has 0 aliphatic rings. The fraction of sp³-hybridized carbons (Fsp3) is 0.625. The van der Waals surface area contributed by atoms with E-state index in [1.165, 1.54) is 0 Å². The second-order valence-electron chi connectivity index (χ2n) is 2.33. The van der Waals surface area contributed by atoms with E-state index in [0.29, 0.717) is 13.0 Å². The van der Waals surface area contributed by atoms with Crippen LogP contribution in [0.15, 0.2) is 0 Å². The molecule has 62 valence electrons. The van der Waals surface area contributed by atoms with Gasteiger partial charge in [-0.1, -0.05) is 0 Å². The molecule has 0 atom stereocenters. The number of carbonyl (C=O) groups excluding carboxylic acids is 1. The molecule has 0 aromatic rings. The number of terminal acetylenes is 1. The van der Waals surface area contributed by atoms with Gasteiger partial charge in [-0.2, -0.15) is 0 Å². The van der Waals surface area contributed by atoms with E-state index in [1.807, 2.05) is 0 Å². The maximum atomic E-state index is 10.7. The molecular formula is C8H13NO2. The molecule has 0 aliphatic carbocycles. The SMILES string of the molecule is C#CCCNC(=O)OC(C)C. The monoisotopic (exact) mass is 155 g/mol. The quantitative estimate of drug-likeness (QED) is 0.490. The van der Waals surface area contributed by atoms with Crippen LogP contribution in [0.5, 0.6) is 0 Å². The topological polar surface area (TPSA) is 38.3 Å². The zero-order valence-corrected chi connectivity index (χ0v) is 6.89. The summed E-state index contributed by atoms with van der Waals surface area (Å²) in [6.45, 7) is 4.06. The Morgan fingerprint density at radius 3 is 2.82 bits per heavy atom. The van der Waals surface area contributed by atoms with Gasteiger partial charge in [0.25, 0.3) is 0 Å². The Morgan fingerprint density at radius 1 is 1.73 bits per heavy atom. The first-order valence-electron chi connectivity index (χ1n) is 3.54. The molecule has 0 rings (SSSR count). The lowest BCUT2D eigenvalue weighted by molar-refractivity contribution is 0.116. The minimum absolute atomic E-state index is 0.0826. The Bertz CT molecular complexity index is 158. The Labute approximate surface area is 67.1 Å². The summed E-state index contributed by atoms with van der Waals surface area (Å²) >= 11 is 0.